The maximum absolute atomic E-state index is 12.4. The van der Waals surface area contributed by atoms with Crippen LogP contribution in [0.5, 0.6) is 0 Å². The average Bonchev–Trinajstić information content (AvgIpc) is 2.52. The van der Waals surface area contributed by atoms with Crippen molar-refractivity contribution >= 4 is 28.6 Å². The molecule has 1 unspecified atom stereocenters. The van der Waals surface area contributed by atoms with Crippen molar-refractivity contribution in [1.29, 1.82) is 0 Å². The Morgan fingerprint density at radius 3 is 2.47 bits per heavy atom. The van der Waals surface area contributed by atoms with Crippen molar-refractivity contribution in [3.63, 3.8) is 0 Å². The van der Waals surface area contributed by atoms with Crippen molar-refractivity contribution in [3.05, 3.63) is 0 Å². The molecule has 2 aliphatic rings. The number of methoxy groups -OCH3 is 1. The van der Waals surface area contributed by atoms with Gasteiger partial charge in [0.15, 0.2) is 0 Å². The standard InChI is InChI=1S/C11H16N2O5S/c1-5(14)12-6-8(15)13-7(10(16)18-4)11(2,3)19(17)9(6)13/h6-7,9H,1-4H3,(H,12,14)/t6-,7+,9-,19?/m1/s1. The van der Waals surface area contributed by atoms with E-state index in [1.807, 2.05) is 0 Å². The summed E-state index contributed by atoms with van der Waals surface area (Å²) in [6, 6.07) is -1.69. The topological polar surface area (TPSA) is 92.8 Å². The summed E-state index contributed by atoms with van der Waals surface area (Å²) in [7, 11) is -0.225. The van der Waals surface area contributed by atoms with Crippen LogP contribution in [0.2, 0.25) is 0 Å². The number of hydrogen-bond acceptors (Lipinski definition) is 5. The molecule has 19 heavy (non-hydrogen) atoms. The third-order valence-electron chi connectivity index (χ3n) is 3.54. The van der Waals surface area contributed by atoms with Gasteiger partial charge in [-0.2, -0.15) is 0 Å². The Kier molecular flexibility index (Phi) is 3.16. The Labute approximate surface area is 113 Å². The van der Waals surface area contributed by atoms with Gasteiger partial charge in [0.05, 0.1) is 22.7 Å². The normalized spacial score (nSPS) is 35.4. The zero-order valence-electron chi connectivity index (χ0n) is 11.1. The van der Waals surface area contributed by atoms with Crippen molar-refractivity contribution in [2.45, 2.75) is 43.0 Å². The van der Waals surface area contributed by atoms with Gasteiger partial charge in [-0.1, -0.05) is 0 Å². The first kappa shape index (κ1) is 14.0. The lowest BCUT2D eigenvalue weighted by Crippen LogP contribution is -2.71. The number of nitrogens with one attached hydrogen (secondary N) is 1. The van der Waals surface area contributed by atoms with E-state index in [9.17, 15) is 18.6 Å². The number of esters is 1. The van der Waals surface area contributed by atoms with Gasteiger partial charge in [0.25, 0.3) is 0 Å². The zero-order chi connectivity index (χ0) is 14.5. The second-order valence-electron chi connectivity index (χ2n) is 5.14. The first-order valence-corrected chi connectivity index (χ1v) is 7.02. The minimum Gasteiger partial charge on any atom is -0.467 e. The highest BCUT2D eigenvalue weighted by atomic mass is 32.2. The third-order valence-corrected chi connectivity index (χ3v) is 5.74. The number of amides is 2. The maximum Gasteiger partial charge on any atom is 0.330 e. The lowest BCUT2D eigenvalue weighted by molar-refractivity contribution is -0.162. The Morgan fingerprint density at radius 2 is 2.00 bits per heavy atom. The molecule has 0 bridgehead atoms. The lowest BCUT2D eigenvalue weighted by atomic mass is 9.96. The van der Waals surface area contributed by atoms with Gasteiger partial charge in [-0.05, 0) is 13.8 Å². The molecule has 2 fully saturated rings. The second-order valence-corrected chi connectivity index (χ2v) is 7.27. The number of hydrogen-bond donors (Lipinski definition) is 1. The molecule has 8 heteroatoms. The van der Waals surface area contributed by atoms with Gasteiger partial charge in [0, 0.05) is 6.92 Å². The Balaban J connectivity index is 2.34. The van der Waals surface area contributed by atoms with Gasteiger partial charge >= 0.3 is 5.97 Å². The molecule has 2 amide bonds. The van der Waals surface area contributed by atoms with Crippen LogP contribution >= 0.6 is 0 Å². The number of ether oxygens (including phenoxy) is 1. The van der Waals surface area contributed by atoms with E-state index in [1.54, 1.807) is 13.8 Å². The summed E-state index contributed by atoms with van der Waals surface area (Å²) in [6.45, 7) is 4.60. The second kappa shape index (κ2) is 4.29. The monoisotopic (exact) mass is 288 g/mol. The molecule has 0 spiro atoms. The van der Waals surface area contributed by atoms with Crippen molar-refractivity contribution in [1.82, 2.24) is 10.2 Å². The first-order valence-electron chi connectivity index (χ1n) is 5.81. The quantitative estimate of drug-likeness (QED) is 0.506. The molecule has 0 aromatic carbocycles. The van der Waals surface area contributed by atoms with Crippen LogP contribution in [0.15, 0.2) is 0 Å². The van der Waals surface area contributed by atoms with Crippen LogP contribution < -0.4 is 5.32 Å². The van der Waals surface area contributed by atoms with Crippen molar-refractivity contribution in [3.8, 4) is 0 Å². The van der Waals surface area contributed by atoms with E-state index < -0.39 is 44.9 Å². The smallest absolute Gasteiger partial charge is 0.330 e. The Hall–Kier alpha value is -1.44. The fourth-order valence-electron chi connectivity index (χ4n) is 2.60. The number of β-lactam (4-membered cyclic amide) rings is 1. The van der Waals surface area contributed by atoms with Crippen molar-refractivity contribution < 1.29 is 23.3 Å². The van der Waals surface area contributed by atoms with E-state index in [0.717, 1.165) is 0 Å². The van der Waals surface area contributed by atoms with E-state index in [-0.39, 0.29) is 5.91 Å². The average molecular weight is 288 g/mol. The van der Waals surface area contributed by atoms with E-state index in [4.69, 9.17) is 0 Å². The number of carbonyl (C=O) groups excluding carboxylic acids is 3. The van der Waals surface area contributed by atoms with Crippen molar-refractivity contribution in [2.75, 3.05) is 7.11 Å². The molecule has 0 aromatic rings. The summed E-state index contributed by atoms with van der Waals surface area (Å²) < 4.78 is 16.2. The fourth-order valence-corrected chi connectivity index (χ4v) is 4.52. The predicted octanol–water partition coefficient (Wildman–Crippen LogP) is -1.26. The van der Waals surface area contributed by atoms with Crippen LogP contribution in [0.1, 0.15) is 20.8 Å². The van der Waals surface area contributed by atoms with Crippen LogP contribution in [-0.2, 0) is 29.9 Å². The minimum atomic E-state index is -1.45. The maximum atomic E-state index is 12.4. The number of fused-ring (bicyclic) bond motifs is 1. The molecule has 0 aliphatic carbocycles. The molecule has 2 aliphatic heterocycles. The predicted molar refractivity (Wildman–Crippen MR) is 66.3 cm³/mol. The molecule has 7 nitrogen and oxygen atoms in total. The van der Waals surface area contributed by atoms with Crippen LogP contribution in [0.25, 0.3) is 0 Å². The minimum absolute atomic E-state index is 0.366. The summed E-state index contributed by atoms with van der Waals surface area (Å²) in [4.78, 5) is 36.1. The highest BCUT2D eigenvalue weighted by Crippen LogP contribution is 2.43. The van der Waals surface area contributed by atoms with Crippen LogP contribution in [0, 0.1) is 0 Å². The molecule has 106 valence electrons. The molecular weight excluding hydrogens is 272 g/mol. The van der Waals surface area contributed by atoms with Gasteiger partial charge in [-0.15, -0.1) is 0 Å². The first-order chi connectivity index (χ1) is 8.73. The van der Waals surface area contributed by atoms with E-state index >= 15 is 0 Å². The summed E-state index contributed by atoms with van der Waals surface area (Å²) in [5.74, 6) is -1.35. The lowest BCUT2D eigenvalue weighted by Gasteiger charge is -2.43. The molecular formula is C11H16N2O5S. The van der Waals surface area contributed by atoms with Crippen LogP contribution in [0.3, 0.4) is 0 Å². The Bertz CT molecular complexity index is 489. The fraction of sp³-hybridized carbons (Fsp3) is 0.727. The molecule has 2 rings (SSSR count). The zero-order valence-corrected chi connectivity index (χ0v) is 11.9. The molecule has 1 N–H and O–H groups in total. The molecule has 0 radical (unpaired) electrons. The van der Waals surface area contributed by atoms with Crippen LogP contribution in [-0.4, -0.2) is 56.2 Å². The third kappa shape index (κ3) is 1.77. The van der Waals surface area contributed by atoms with Crippen molar-refractivity contribution in [2.24, 2.45) is 0 Å². The van der Waals surface area contributed by atoms with Gasteiger partial charge in [0.2, 0.25) is 11.8 Å². The number of nitrogens with zero attached hydrogens (tertiary/aromatic N) is 1. The molecule has 2 saturated heterocycles. The van der Waals surface area contributed by atoms with Gasteiger partial charge in [-0.3, -0.25) is 13.8 Å². The summed E-state index contributed by atoms with van der Waals surface area (Å²) in [5.41, 5.74) is 0. The van der Waals surface area contributed by atoms with Gasteiger partial charge < -0.3 is 15.0 Å². The molecule has 0 aromatic heterocycles. The SMILES string of the molecule is COC(=O)[C@@H]1N2C(=O)[C@@H](NC(C)=O)[C@H]2S(=O)C1(C)C. The summed E-state index contributed by atoms with van der Waals surface area (Å²) in [6.07, 6.45) is 0. The molecule has 0 saturated carbocycles. The van der Waals surface area contributed by atoms with E-state index in [1.165, 1.54) is 18.9 Å². The highest BCUT2D eigenvalue weighted by Gasteiger charge is 2.68. The van der Waals surface area contributed by atoms with E-state index in [2.05, 4.69) is 10.1 Å². The summed E-state index contributed by atoms with van der Waals surface area (Å²) in [5, 5.41) is 1.81. The highest BCUT2D eigenvalue weighted by molar-refractivity contribution is 7.87. The van der Waals surface area contributed by atoms with Gasteiger partial charge in [-0.25, -0.2) is 4.79 Å². The number of carbonyl (C=O) groups is 3. The van der Waals surface area contributed by atoms with Crippen LogP contribution in [0.4, 0.5) is 0 Å². The molecule has 2 heterocycles. The van der Waals surface area contributed by atoms with Gasteiger partial charge in [0.1, 0.15) is 17.5 Å². The Morgan fingerprint density at radius 1 is 1.42 bits per heavy atom. The number of rotatable bonds is 2. The van der Waals surface area contributed by atoms with E-state index in [0.29, 0.717) is 0 Å². The molecule has 4 atom stereocenters. The summed E-state index contributed by atoms with van der Waals surface area (Å²) >= 11 is 0. The largest absolute Gasteiger partial charge is 0.467 e.